The van der Waals surface area contributed by atoms with E-state index in [0.717, 1.165) is 12.1 Å². The first-order valence-corrected chi connectivity index (χ1v) is 10.4. The molecule has 2 rings (SSSR count). The van der Waals surface area contributed by atoms with Crippen LogP contribution in [0, 0.1) is 5.92 Å². The summed E-state index contributed by atoms with van der Waals surface area (Å²) < 4.78 is 40.4. The van der Waals surface area contributed by atoms with Crippen LogP contribution in [0.5, 0.6) is 5.75 Å². The molecule has 4 amide bonds. The fourth-order valence-corrected chi connectivity index (χ4v) is 3.29. The summed E-state index contributed by atoms with van der Waals surface area (Å²) in [4.78, 5) is 36.5. The molecule has 0 heterocycles. The Labute approximate surface area is 193 Å². The molecule has 0 saturated heterocycles. The summed E-state index contributed by atoms with van der Waals surface area (Å²) in [5, 5.41) is 27.6. The van der Waals surface area contributed by atoms with Crippen LogP contribution in [0.25, 0.3) is 0 Å². The Hall–Kier alpha value is -3.32. The maximum absolute atomic E-state index is 12.6. The largest absolute Gasteiger partial charge is 0.573 e. The van der Waals surface area contributed by atoms with Crippen LogP contribution in [0.1, 0.15) is 26.7 Å². The number of alkyl halides is 3. The highest BCUT2D eigenvalue weighted by atomic mass is 19.4. The SMILES string of the molecule is CC(C)CC(NC(=O)C1=CC(NC(=O)Nc2ccc(OC(F)(F)F)cc2)C(O)C(O)C1)C(N)=O. The van der Waals surface area contributed by atoms with Gasteiger partial charge in [0.2, 0.25) is 11.8 Å². The van der Waals surface area contributed by atoms with Gasteiger partial charge in [0.15, 0.2) is 0 Å². The van der Waals surface area contributed by atoms with Crippen molar-refractivity contribution in [2.45, 2.75) is 57.3 Å². The topological polar surface area (TPSA) is 163 Å². The number of aliphatic hydroxyl groups is 2. The number of urea groups is 1. The summed E-state index contributed by atoms with van der Waals surface area (Å²) in [6, 6.07) is 1.37. The lowest BCUT2D eigenvalue weighted by Crippen LogP contribution is -2.53. The van der Waals surface area contributed by atoms with Crippen molar-refractivity contribution in [3.05, 3.63) is 35.9 Å². The lowest BCUT2D eigenvalue weighted by molar-refractivity contribution is -0.274. The highest BCUT2D eigenvalue weighted by Gasteiger charge is 2.35. The van der Waals surface area contributed by atoms with Gasteiger partial charge < -0.3 is 36.6 Å². The number of halogens is 3. The van der Waals surface area contributed by atoms with Gasteiger partial charge in [0, 0.05) is 17.7 Å². The maximum Gasteiger partial charge on any atom is 0.573 e. The van der Waals surface area contributed by atoms with Crippen molar-refractivity contribution in [1.82, 2.24) is 10.6 Å². The molecule has 4 unspecified atom stereocenters. The third-order valence-corrected chi connectivity index (χ3v) is 4.86. The van der Waals surface area contributed by atoms with E-state index >= 15 is 0 Å². The third-order valence-electron chi connectivity index (χ3n) is 4.86. The summed E-state index contributed by atoms with van der Waals surface area (Å²) >= 11 is 0. The van der Waals surface area contributed by atoms with E-state index in [9.17, 15) is 37.8 Å². The molecule has 0 aliphatic heterocycles. The molecule has 0 fully saturated rings. The van der Waals surface area contributed by atoms with Crippen LogP contribution in [-0.4, -0.2) is 58.7 Å². The summed E-state index contributed by atoms with van der Waals surface area (Å²) in [5.41, 5.74) is 5.48. The highest BCUT2D eigenvalue weighted by molar-refractivity contribution is 5.97. The Bertz CT molecular complexity index is 920. The maximum atomic E-state index is 12.6. The lowest BCUT2D eigenvalue weighted by Gasteiger charge is -2.31. The molecule has 0 spiro atoms. The normalized spacial score (nSPS) is 21.3. The number of primary amides is 1. The van der Waals surface area contributed by atoms with Gasteiger partial charge in [-0.05, 0) is 36.6 Å². The minimum absolute atomic E-state index is 0.0340. The molecular formula is C21H27F3N4O6. The average molecular weight is 488 g/mol. The first kappa shape index (κ1) is 26.9. The van der Waals surface area contributed by atoms with E-state index in [1.165, 1.54) is 18.2 Å². The van der Waals surface area contributed by atoms with Crippen molar-refractivity contribution in [3.8, 4) is 5.75 Å². The molecule has 1 aromatic rings. The number of nitrogens with two attached hydrogens (primary N) is 1. The lowest BCUT2D eigenvalue weighted by atomic mass is 9.89. The molecule has 0 aromatic heterocycles. The molecule has 1 aliphatic rings. The minimum Gasteiger partial charge on any atom is -0.406 e. The van der Waals surface area contributed by atoms with Crippen LogP contribution in [0.2, 0.25) is 0 Å². The van der Waals surface area contributed by atoms with E-state index in [2.05, 4.69) is 20.7 Å². The van der Waals surface area contributed by atoms with Crippen LogP contribution in [-0.2, 0) is 9.59 Å². The molecule has 1 aliphatic carbocycles. The number of nitrogens with one attached hydrogen (secondary N) is 3. The van der Waals surface area contributed by atoms with Gasteiger partial charge in [-0.15, -0.1) is 13.2 Å². The number of rotatable bonds is 8. The summed E-state index contributed by atoms with van der Waals surface area (Å²) in [5.74, 6) is -1.81. The van der Waals surface area contributed by atoms with E-state index in [1.54, 1.807) is 0 Å². The van der Waals surface area contributed by atoms with Gasteiger partial charge in [-0.3, -0.25) is 9.59 Å². The van der Waals surface area contributed by atoms with E-state index in [-0.39, 0.29) is 23.6 Å². The zero-order valence-electron chi connectivity index (χ0n) is 18.4. The Morgan fingerprint density at radius 3 is 2.32 bits per heavy atom. The number of hydrogen-bond donors (Lipinski definition) is 6. The number of carbonyl (C=O) groups excluding carboxylic acids is 3. The third kappa shape index (κ3) is 8.23. The summed E-state index contributed by atoms with van der Waals surface area (Å²) in [6.07, 6.45) is -6.34. The van der Waals surface area contributed by atoms with Gasteiger partial charge in [-0.1, -0.05) is 19.9 Å². The number of amides is 4. The summed E-state index contributed by atoms with van der Waals surface area (Å²) in [6.45, 7) is 3.69. The fraction of sp³-hybridized carbons (Fsp3) is 0.476. The van der Waals surface area contributed by atoms with Gasteiger partial charge in [-0.25, -0.2) is 4.79 Å². The van der Waals surface area contributed by atoms with Gasteiger partial charge in [-0.2, -0.15) is 0 Å². The molecule has 34 heavy (non-hydrogen) atoms. The second kappa shape index (κ2) is 11.2. The second-order valence-electron chi connectivity index (χ2n) is 8.21. The van der Waals surface area contributed by atoms with Gasteiger partial charge in [0.05, 0.1) is 12.1 Å². The van der Waals surface area contributed by atoms with Crippen LogP contribution < -0.4 is 26.4 Å². The second-order valence-corrected chi connectivity index (χ2v) is 8.21. The van der Waals surface area contributed by atoms with Crippen molar-refractivity contribution in [1.29, 1.82) is 0 Å². The Morgan fingerprint density at radius 2 is 1.79 bits per heavy atom. The molecule has 0 radical (unpaired) electrons. The first-order valence-electron chi connectivity index (χ1n) is 10.4. The zero-order valence-corrected chi connectivity index (χ0v) is 18.4. The molecule has 4 atom stereocenters. The quantitative estimate of drug-likeness (QED) is 0.321. The van der Waals surface area contributed by atoms with E-state index in [1.807, 2.05) is 13.8 Å². The molecule has 0 saturated carbocycles. The van der Waals surface area contributed by atoms with Gasteiger partial charge in [0.25, 0.3) is 0 Å². The number of hydrogen-bond acceptors (Lipinski definition) is 6. The van der Waals surface area contributed by atoms with E-state index in [0.29, 0.717) is 6.42 Å². The van der Waals surface area contributed by atoms with Crippen LogP contribution in [0.3, 0.4) is 0 Å². The van der Waals surface area contributed by atoms with Crippen LogP contribution in [0.4, 0.5) is 23.7 Å². The van der Waals surface area contributed by atoms with Crippen molar-refractivity contribution in [3.63, 3.8) is 0 Å². The van der Waals surface area contributed by atoms with Gasteiger partial charge >= 0.3 is 12.4 Å². The first-order chi connectivity index (χ1) is 15.7. The van der Waals surface area contributed by atoms with Gasteiger partial charge in [0.1, 0.15) is 17.9 Å². The van der Waals surface area contributed by atoms with Crippen molar-refractivity contribution < 1.29 is 42.5 Å². The van der Waals surface area contributed by atoms with Crippen molar-refractivity contribution >= 4 is 23.5 Å². The molecule has 13 heteroatoms. The van der Waals surface area contributed by atoms with E-state index < -0.39 is 54.2 Å². The molecule has 188 valence electrons. The monoisotopic (exact) mass is 488 g/mol. The smallest absolute Gasteiger partial charge is 0.406 e. The van der Waals surface area contributed by atoms with Crippen molar-refractivity contribution in [2.24, 2.45) is 11.7 Å². The van der Waals surface area contributed by atoms with Crippen LogP contribution >= 0.6 is 0 Å². The standard InChI is InChI=1S/C21H27F3N4O6/c1-10(2)7-15(18(25)31)27-19(32)11-8-14(17(30)16(29)9-11)28-20(33)26-12-3-5-13(6-4-12)34-21(22,23)24/h3-6,8,10,14-17,29-30H,7,9H2,1-2H3,(H2,25,31)(H,27,32)(H2,26,28,33). The summed E-state index contributed by atoms with van der Waals surface area (Å²) in [7, 11) is 0. The molecular weight excluding hydrogens is 461 g/mol. The number of aliphatic hydroxyl groups excluding tert-OH is 2. The molecule has 1 aromatic carbocycles. The molecule has 0 bridgehead atoms. The number of ether oxygens (including phenoxy) is 1. The van der Waals surface area contributed by atoms with E-state index in [4.69, 9.17) is 5.73 Å². The highest BCUT2D eigenvalue weighted by Crippen LogP contribution is 2.24. The van der Waals surface area contributed by atoms with Crippen molar-refractivity contribution in [2.75, 3.05) is 5.32 Å². The Balaban J connectivity index is 2.05. The Morgan fingerprint density at radius 1 is 1.18 bits per heavy atom. The fourth-order valence-electron chi connectivity index (χ4n) is 3.29. The minimum atomic E-state index is -4.85. The molecule has 7 N–H and O–H groups in total. The van der Waals surface area contributed by atoms with Crippen LogP contribution in [0.15, 0.2) is 35.9 Å². The molecule has 10 nitrogen and oxygen atoms in total. The number of benzene rings is 1. The number of anilines is 1. The predicted octanol–water partition coefficient (Wildman–Crippen LogP) is 1.14. The average Bonchev–Trinajstić information content (AvgIpc) is 2.70. The predicted molar refractivity (Wildman–Crippen MR) is 114 cm³/mol. The number of carbonyl (C=O) groups is 3. The Kier molecular flexibility index (Phi) is 8.87. The zero-order chi connectivity index (χ0) is 25.6.